The highest BCUT2D eigenvalue weighted by molar-refractivity contribution is 7.89. The molecule has 0 saturated carbocycles. The van der Waals surface area contributed by atoms with Crippen LogP contribution in [0.25, 0.3) is 5.69 Å². The number of carbonyl (C=O) groups excluding carboxylic acids is 1. The van der Waals surface area contributed by atoms with Gasteiger partial charge in [0.2, 0.25) is 15.9 Å². The predicted molar refractivity (Wildman–Crippen MR) is 116 cm³/mol. The summed E-state index contributed by atoms with van der Waals surface area (Å²) in [5, 5.41) is 2.75. The Hall–Kier alpha value is -2.82. The number of halogens is 2. The second kappa shape index (κ2) is 9.35. The molecule has 3 heterocycles. The summed E-state index contributed by atoms with van der Waals surface area (Å²) in [7, 11) is -3.77. The summed E-state index contributed by atoms with van der Waals surface area (Å²) in [6.45, 7) is 0.601. The second-order valence-electron chi connectivity index (χ2n) is 7.44. The van der Waals surface area contributed by atoms with E-state index in [2.05, 4.69) is 15.3 Å². The summed E-state index contributed by atoms with van der Waals surface area (Å²) < 4.78 is 42.9. The van der Waals surface area contributed by atoms with Crippen LogP contribution < -0.4 is 5.32 Å². The molecule has 0 spiro atoms. The molecule has 11 heteroatoms. The first-order valence-corrected chi connectivity index (χ1v) is 11.8. The fourth-order valence-electron chi connectivity index (χ4n) is 3.67. The lowest BCUT2D eigenvalue weighted by atomic mass is 9.97. The maximum Gasteiger partial charge on any atom is 0.246 e. The fraction of sp³-hybridized carbons (Fsp3) is 0.286. The van der Waals surface area contributed by atoms with E-state index in [-0.39, 0.29) is 41.5 Å². The van der Waals surface area contributed by atoms with E-state index in [0.717, 1.165) is 0 Å². The van der Waals surface area contributed by atoms with Crippen molar-refractivity contribution in [2.45, 2.75) is 24.3 Å². The number of hydrogen-bond donors (Lipinski definition) is 1. The lowest BCUT2D eigenvalue weighted by molar-refractivity contribution is -0.126. The van der Waals surface area contributed by atoms with E-state index in [1.165, 1.54) is 35.0 Å². The summed E-state index contributed by atoms with van der Waals surface area (Å²) in [6, 6.07) is 7.68. The van der Waals surface area contributed by atoms with Gasteiger partial charge >= 0.3 is 0 Å². The number of aromatic nitrogens is 3. The molecule has 0 radical (unpaired) electrons. The van der Waals surface area contributed by atoms with Crippen LogP contribution in [-0.2, 0) is 21.4 Å². The Labute approximate surface area is 190 Å². The molecule has 168 valence electrons. The Balaban J connectivity index is 1.32. The number of hydrogen-bond acceptors (Lipinski definition) is 5. The number of amides is 1. The van der Waals surface area contributed by atoms with Crippen LogP contribution in [0.15, 0.2) is 60.1 Å². The third-order valence-corrected chi connectivity index (χ3v) is 7.77. The lowest BCUT2D eigenvalue weighted by Crippen LogP contribution is -2.43. The fourth-order valence-corrected chi connectivity index (χ4v) is 5.56. The van der Waals surface area contributed by atoms with Gasteiger partial charge in [-0.25, -0.2) is 22.8 Å². The first-order valence-electron chi connectivity index (χ1n) is 10.0. The summed E-state index contributed by atoms with van der Waals surface area (Å²) in [6.07, 6.45) is 6.92. The molecule has 1 aromatic carbocycles. The zero-order chi connectivity index (χ0) is 22.7. The predicted octanol–water partition coefficient (Wildman–Crippen LogP) is 2.78. The van der Waals surface area contributed by atoms with Crippen molar-refractivity contribution in [3.63, 3.8) is 0 Å². The summed E-state index contributed by atoms with van der Waals surface area (Å²) in [4.78, 5) is 20.3. The first-order chi connectivity index (χ1) is 15.4. The zero-order valence-corrected chi connectivity index (χ0v) is 18.6. The van der Waals surface area contributed by atoms with Gasteiger partial charge in [0.1, 0.15) is 15.9 Å². The molecule has 1 fully saturated rings. The highest BCUT2D eigenvalue weighted by Gasteiger charge is 2.33. The van der Waals surface area contributed by atoms with Crippen LogP contribution in [0.1, 0.15) is 18.4 Å². The SMILES string of the molecule is O=C(NCc1ccc(-n2ccnc2)c(F)c1)C1CCN(S(=O)(=O)c2cccnc2Cl)CC1. The molecule has 1 N–H and O–H groups in total. The van der Waals surface area contributed by atoms with Crippen LogP contribution in [0, 0.1) is 11.7 Å². The van der Waals surface area contributed by atoms with Gasteiger partial charge in [0.05, 0.1) is 12.0 Å². The van der Waals surface area contributed by atoms with Gasteiger partial charge < -0.3 is 9.88 Å². The van der Waals surface area contributed by atoms with Crippen LogP contribution in [0.5, 0.6) is 0 Å². The molecule has 4 rings (SSSR count). The van der Waals surface area contributed by atoms with Crippen molar-refractivity contribution in [2.75, 3.05) is 13.1 Å². The summed E-state index contributed by atoms with van der Waals surface area (Å²) >= 11 is 5.94. The molecule has 1 amide bonds. The molecular formula is C21H21ClFN5O3S. The number of piperidine rings is 1. The van der Waals surface area contributed by atoms with Crippen molar-refractivity contribution >= 4 is 27.5 Å². The average Bonchev–Trinajstić information content (AvgIpc) is 3.32. The number of pyridine rings is 1. The van der Waals surface area contributed by atoms with Gasteiger partial charge in [-0.3, -0.25) is 4.79 Å². The molecular weight excluding hydrogens is 457 g/mol. The van der Waals surface area contributed by atoms with E-state index in [0.29, 0.717) is 24.1 Å². The van der Waals surface area contributed by atoms with Gasteiger partial charge in [-0.1, -0.05) is 17.7 Å². The Morgan fingerprint density at radius 3 is 2.66 bits per heavy atom. The Morgan fingerprint density at radius 1 is 1.22 bits per heavy atom. The van der Waals surface area contributed by atoms with Gasteiger partial charge in [-0.15, -0.1) is 0 Å². The van der Waals surface area contributed by atoms with Gasteiger partial charge in [0, 0.05) is 44.1 Å². The van der Waals surface area contributed by atoms with E-state index in [4.69, 9.17) is 11.6 Å². The van der Waals surface area contributed by atoms with Gasteiger partial charge in [-0.05, 0) is 42.7 Å². The minimum Gasteiger partial charge on any atom is -0.352 e. The van der Waals surface area contributed by atoms with E-state index < -0.39 is 15.8 Å². The van der Waals surface area contributed by atoms with Crippen molar-refractivity contribution in [2.24, 2.45) is 5.92 Å². The molecule has 0 aliphatic carbocycles. The first kappa shape index (κ1) is 22.4. The van der Waals surface area contributed by atoms with E-state index in [1.54, 1.807) is 29.1 Å². The Bertz CT molecular complexity index is 1210. The van der Waals surface area contributed by atoms with Gasteiger partial charge in [0.15, 0.2) is 0 Å². The van der Waals surface area contributed by atoms with E-state index in [1.807, 2.05) is 0 Å². The minimum atomic E-state index is -3.77. The molecule has 0 bridgehead atoms. The molecule has 1 aliphatic heterocycles. The largest absolute Gasteiger partial charge is 0.352 e. The second-order valence-corrected chi connectivity index (χ2v) is 9.71. The number of carbonyl (C=O) groups is 1. The standard InChI is InChI=1S/C21H21ClFN5O3S/c22-20-19(2-1-7-25-20)32(30,31)28-9-5-16(6-10-28)21(29)26-13-15-3-4-18(17(23)12-15)27-11-8-24-14-27/h1-4,7-8,11-12,14,16H,5-6,9-10,13H2,(H,26,29). The third-order valence-electron chi connectivity index (χ3n) is 5.43. The number of nitrogens with zero attached hydrogens (tertiary/aromatic N) is 4. The third kappa shape index (κ3) is 4.67. The highest BCUT2D eigenvalue weighted by Crippen LogP contribution is 2.27. The van der Waals surface area contributed by atoms with Crippen LogP contribution in [-0.4, -0.2) is 46.3 Å². The zero-order valence-electron chi connectivity index (χ0n) is 17.0. The number of benzene rings is 1. The Kier molecular flexibility index (Phi) is 6.54. The molecule has 1 aliphatic rings. The van der Waals surface area contributed by atoms with Crippen molar-refractivity contribution in [1.82, 2.24) is 24.2 Å². The molecule has 1 saturated heterocycles. The highest BCUT2D eigenvalue weighted by atomic mass is 35.5. The van der Waals surface area contributed by atoms with Crippen LogP contribution in [0.4, 0.5) is 4.39 Å². The number of rotatable bonds is 6. The van der Waals surface area contributed by atoms with E-state index >= 15 is 0 Å². The van der Waals surface area contributed by atoms with Gasteiger partial charge in [0.25, 0.3) is 0 Å². The smallest absolute Gasteiger partial charge is 0.246 e. The average molecular weight is 478 g/mol. The van der Waals surface area contributed by atoms with Crippen LogP contribution in [0.2, 0.25) is 5.15 Å². The molecule has 0 atom stereocenters. The monoisotopic (exact) mass is 477 g/mol. The maximum atomic E-state index is 14.4. The van der Waals surface area contributed by atoms with Crippen molar-refractivity contribution in [1.29, 1.82) is 0 Å². The quantitative estimate of drug-likeness (QED) is 0.550. The molecule has 32 heavy (non-hydrogen) atoms. The summed E-state index contributed by atoms with van der Waals surface area (Å²) in [5.74, 6) is -0.913. The summed E-state index contributed by atoms with van der Waals surface area (Å²) in [5.41, 5.74) is 1.01. The van der Waals surface area contributed by atoms with Gasteiger partial charge in [-0.2, -0.15) is 4.31 Å². The number of imidazole rings is 1. The Morgan fingerprint density at radius 2 is 2.00 bits per heavy atom. The van der Waals surface area contributed by atoms with E-state index in [9.17, 15) is 17.6 Å². The molecule has 3 aromatic rings. The van der Waals surface area contributed by atoms with Crippen LogP contribution in [0.3, 0.4) is 0 Å². The normalized spacial score (nSPS) is 15.6. The number of nitrogens with one attached hydrogen (secondary N) is 1. The number of sulfonamides is 1. The van der Waals surface area contributed by atoms with Crippen molar-refractivity contribution in [3.05, 3.63) is 71.8 Å². The lowest BCUT2D eigenvalue weighted by Gasteiger charge is -2.30. The van der Waals surface area contributed by atoms with Crippen LogP contribution >= 0.6 is 11.6 Å². The molecule has 2 aromatic heterocycles. The topological polar surface area (TPSA) is 97.2 Å². The van der Waals surface area contributed by atoms with Crippen molar-refractivity contribution in [3.8, 4) is 5.69 Å². The molecule has 0 unspecified atom stereocenters. The minimum absolute atomic E-state index is 0.0364. The van der Waals surface area contributed by atoms with Crippen molar-refractivity contribution < 1.29 is 17.6 Å². The maximum absolute atomic E-state index is 14.4. The molecule has 8 nitrogen and oxygen atoms in total.